The van der Waals surface area contributed by atoms with Crippen molar-refractivity contribution in [3.05, 3.63) is 78.1 Å². The van der Waals surface area contributed by atoms with Gasteiger partial charge in [-0.25, -0.2) is 13.6 Å². The van der Waals surface area contributed by atoms with E-state index >= 15 is 0 Å². The molecule has 8 heteroatoms. The number of aryl methyl sites for hydroxylation is 1. The molecule has 0 bridgehead atoms. The molecule has 178 valence electrons. The van der Waals surface area contributed by atoms with Crippen LogP contribution >= 0.6 is 0 Å². The maximum atomic E-state index is 14.0. The van der Waals surface area contributed by atoms with Crippen LogP contribution in [0.15, 0.2) is 65.1 Å². The number of halogens is 2. The number of nitrogens with one attached hydrogen (secondary N) is 2. The van der Waals surface area contributed by atoms with Gasteiger partial charge in [0.2, 0.25) is 5.91 Å². The smallest absolute Gasteiger partial charge is 0.319 e. The van der Waals surface area contributed by atoms with Crippen molar-refractivity contribution in [1.29, 1.82) is 0 Å². The van der Waals surface area contributed by atoms with Crippen LogP contribution in [0.2, 0.25) is 0 Å². The van der Waals surface area contributed by atoms with Gasteiger partial charge in [-0.1, -0.05) is 18.2 Å². The molecule has 1 atom stereocenters. The van der Waals surface area contributed by atoms with Crippen molar-refractivity contribution in [3.63, 3.8) is 0 Å². The van der Waals surface area contributed by atoms with Crippen LogP contribution in [0.25, 0.3) is 11.3 Å². The molecule has 1 fully saturated rings. The predicted octanol–water partition coefficient (Wildman–Crippen LogP) is 5.22. The summed E-state index contributed by atoms with van der Waals surface area (Å²) in [7, 11) is 0. The summed E-state index contributed by atoms with van der Waals surface area (Å²) in [6.07, 6.45) is 2.50. The molecule has 6 nitrogen and oxygen atoms in total. The minimum Gasteiger partial charge on any atom is -0.461 e. The number of amides is 3. The summed E-state index contributed by atoms with van der Waals surface area (Å²) in [5.74, 6) is 0.483. The molecular formula is C26H27F2N3O3. The predicted molar refractivity (Wildman–Crippen MR) is 125 cm³/mol. The monoisotopic (exact) mass is 467 g/mol. The average molecular weight is 468 g/mol. The van der Waals surface area contributed by atoms with E-state index in [2.05, 4.69) is 10.6 Å². The van der Waals surface area contributed by atoms with E-state index < -0.39 is 11.8 Å². The number of urea groups is 1. The van der Waals surface area contributed by atoms with E-state index in [-0.39, 0.29) is 17.6 Å². The van der Waals surface area contributed by atoms with Crippen molar-refractivity contribution in [2.24, 2.45) is 5.92 Å². The van der Waals surface area contributed by atoms with Crippen LogP contribution in [0, 0.1) is 17.6 Å². The first-order valence-corrected chi connectivity index (χ1v) is 11.4. The Hall–Kier alpha value is -3.68. The van der Waals surface area contributed by atoms with Crippen LogP contribution in [0.4, 0.5) is 19.3 Å². The Balaban J connectivity index is 1.23. The van der Waals surface area contributed by atoms with Gasteiger partial charge in [-0.05, 0) is 61.2 Å². The van der Waals surface area contributed by atoms with E-state index in [9.17, 15) is 18.4 Å². The Kier molecular flexibility index (Phi) is 7.57. The fourth-order valence-corrected chi connectivity index (χ4v) is 4.14. The van der Waals surface area contributed by atoms with Gasteiger partial charge in [-0.2, -0.15) is 0 Å². The van der Waals surface area contributed by atoms with E-state index in [1.807, 2.05) is 4.90 Å². The van der Waals surface area contributed by atoms with Crippen LogP contribution in [0.1, 0.15) is 25.0 Å². The highest BCUT2D eigenvalue weighted by molar-refractivity contribution is 5.89. The van der Waals surface area contributed by atoms with Gasteiger partial charge in [0.05, 0.1) is 5.56 Å². The number of nitrogens with zero attached hydrogens (tertiary/aromatic N) is 1. The molecule has 0 radical (unpaired) electrons. The normalized spacial score (nSPS) is 15.7. The number of anilines is 1. The zero-order valence-electron chi connectivity index (χ0n) is 18.7. The number of carbonyl (C=O) groups excluding carboxylic acids is 2. The first-order chi connectivity index (χ1) is 16.5. The van der Waals surface area contributed by atoms with Gasteiger partial charge >= 0.3 is 6.03 Å². The highest BCUT2D eigenvalue weighted by Gasteiger charge is 2.24. The van der Waals surface area contributed by atoms with Crippen molar-refractivity contribution in [2.75, 3.05) is 25.0 Å². The van der Waals surface area contributed by atoms with E-state index in [4.69, 9.17) is 4.42 Å². The first kappa shape index (κ1) is 23.5. The second-order valence-electron chi connectivity index (χ2n) is 8.44. The number of piperidine rings is 1. The molecule has 2 aromatic carbocycles. The number of likely N-dealkylation sites (tertiary alicyclic amines) is 1. The molecule has 1 unspecified atom stereocenters. The number of hydrogen-bond acceptors (Lipinski definition) is 3. The largest absolute Gasteiger partial charge is 0.461 e. The second kappa shape index (κ2) is 11.0. The molecule has 1 aliphatic rings. The lowest BCUT2D eigenvalue weighted by Crippen LogP contribution is -2.44. The number of carbonyl (C=O) groups is 2. The zero-order valence-corrected chi connectivity index (χ0v) is 18.7. The summed E-state index contributed by atoms with van der Waals surface area (Å²) in [4.78, 5) is 26.7. The SMILES string of the molecule is O=C(NCC1CCCN(C(=O)CCc2ccc(-c3ccccc3F)o2)C1)Nc1cccc(F)c1. The average Bonchev–Trinajstić information content (AvgIpc) is 3.30. The zero-order chi connectivity index (χ0) is 23.9. The lowest BCUT2D eigenvalue weighted by Gasteiger charge is -2.33. The highest BCUT2D eigenvalue weighted by Crippen LogP contribution is 2.25. The Morgan fingerprint density at radius 2 is 1.91 bits per heavy atom. The van der Waals surface area contributed by atoms with Crippen molar-refractivity contribution in [2.45, 2.75) is 25.7 Å². The number of furan rings is 1. The van der Waals surface area contributed by atoms with E-state index in [0.717, 1.165) is 12.8 Å². The maximum absolute atomic E-state index is 14.0. The van der Waals surface area contributed by atoms with E-state index in [0.29, 0.717) is 55.2 Å². The van der Waals surface area contributed by atoms with Crippen LogP contribution < -0.4 is 10.6 Å². The second-order valence-corrected chi connectivity index (χ2v) is 8.44. The van der Waals surface area contributed by atoms with Crippen LogP contribution in [-0.2, 0) is 11.2 Å². The molecule has 0 saturated carbocycles. The first-order valence-electron chi connectivity index (χ1n) is 11.4. The van der Waals surface area contributed by atoms with Gasteiger partial charge in [-0.15, -0.1) is 0 Å². The van der Waals surface area contributed by atoms with Gasteiger partial charge < -0.3 is 20.0 Å². The third-order valence-corrected chi connectivity index (χ3v) is 5.89. The fraction of sp³-hybridized carbons (Fsp3) is 0.308. The molecule has 1 aliphatic heterocycles. The van der Waals surface area contributed by atoms with Crippen molar-refractivity contribution >= 4 is 17.6 Å². The Morgan fingerprint density at radius 3 is 2.74 bits per heavy atom. The molecule has 34 heavy (non-hydrogen) atoms. The van der Waals surface area contributed by atoms with Crippen LogP contribution in [-0.4, -0.2) is 36.5 Å². The van der Waals surface area contributed by atoms with Crippen molar-refractivity contribution < 1.29 is 22.8 Å². The number of benzene rings is 2. The fourth-order valence-electron chi connectivity index (χ4n) is 4.14. The summed E-state index contributed by atoms with van der Waals surface area (Å²) in [5.41, 5.74) is 0.780. The van der Waals surface area contributed by atoms with Gasteiger partial charge in [-0.3, -0.25) is 4.79 Å². The molecule has 4 rings (SSSR count). The van der Waals surface area contributed by atoms with Crippen LogP contribution in [0.5, 0.6) is 0 Å². The van der Waals surface area contributed by atoms with E-state index in [1.54, 1.807) is 36.4 Å². The van der Waals surface area contributed by atoms with Gasteiger partial charge in [0, 0.05) is 38.2 Å². The van der Waals surface area contributed by atoms with Gasteiger partial charge in [0.1, 0.15) is 23.2 Å². The Morgan fingerprint density at radius 1 is 1.06 bits per heavy atom. The molecule has 2 heterocycles. The standard InChI is InChI=1S/C26H27F2N3O3/c27-19-6-3-7-20(15-19)30-26(33)29-16-18-5-4-14-31(17-18)25(32)13-11-21-10-12-24(34-21)22-8-1-2-9-23(22)28/h1-3,6-10,12,15,18H,4-5,11,13-14,16-17H2,(H2,29,30,33). The minimum absolute atomic E-state index is 0.0257. The van der Waals surface area contributed by atoms with E-state index in [1.165, 1.54) is 24.3 Å². The highest BCUT2D eigenvalue weighted by atomic mass is 19.1. The molecule has 0 spiro atoms. The summed E-state index contributed by atoms with van der Waals surface area (Å²) in [6, 6.07) is 15.2. The van der Waals surface area contributed by atoms with Gasteiger partial charge in [0.15, 0.2) is 0 Å². The maximum Gasteiger partial charge on any atom is 0.319 e. The third kappa shape index (κ3) is 6.21. The molecule has 0 aliphatic carbocycles. The molecule has 1 aromatic heterocycles. The lowest BCUT2D eigenvalue weighted by atomic mass is 9.97. The van der Waals surface area contributed by atoms with Crippen molar-refractivity contribution in [1.82, 2.24) is 10.2 Å². The number of hydrogen-bond donors (Lipinski definition) is 2. The molecule has 3 aromatic rings. The summed E-state index contributed by atoms with van der Waals surface area (Å²) in [6.45, 7) is 1.68. The Bertz CT molecular complexity index is 1150. The molecular weight excluding hydrogens is 440 g/mol. The topological polar surface area (TPSA) is 74.6 Å². The molecule has 2 N–H and O–H groups in total. The summed E-state index contributed by atoms with van der Waals surface area (Å²) >= 11 is 0. The summed E-state index contributed by atoms with van der Waals surface area (Å²) in [5, 5.41) is 5.41. The third-order valence-electron chi connectivity index (χ3n) is 5.89. The number of rotatable bonds is 7. The Labute approximate surface area is 196 Å². The minimum atomic E-state index is -0.419. The summed E-state index contributed by atoms with van der Waals surface area (Å²) < 4.78 is 32.9. The van der Waals surface area contributed by atoms with Gasteiger partial charge in [0.25, 0.3) is 0 Å². The molecule has 3 amide bonds. The van der Waals surface area contributed by atoms with Crippen molar-refractivity contribution in [3.8, 4) is 11.3 Å². The van der Waals surface area contributed by atoms with Crippen LogP contribution in [0.3, 0.4) is 0 Å². The quantitative estimate of drug-likeness (QED) is 0.501. The lowest BCUT2D eigenvalue weighted by molar-refractivity contribution is -0.133. The molecule has 1 saturated heterocycles.